The van der Waals surface area contributed by atoms with Gasteiger partial charge in [-0.15, -0.1) is 23.5 Å². The summed E-state index contributed by atoms with van der Waals surface area (Å²) in [5, 5.41) is 17.9. The quantitative estimate of drug-likeness (QED) is 0.155. The lowest BCUT2D eigenvalue weighted by atomic mass is 9.87. The van der Waals surface area contributed by atoms with Crippen molar-refractivity contribution in [2.45, 2.75) is 18.3 Å². The normalized spacial score (nSPS) is 24.8. The smallest absolute Gasteiger partial charge is 0.316 e. The number of anilines is 1. The molecule has 0 spiro atoms. The molecule has 2 fully saturated rings. The first-order chi connectivity index (χ1) is 16.2. The average molecular weight is 530 g/mol. The lowest BCUT2D eigenvalue weighted by molar-refractivity contribution is -0.156. The van der Waals surface area contributed by atoms with Crippen LogP contribution in [0.15, 0.2) is 16.6 Å². The molecule has 0 aromatic carbocycles. The topological polar surface area (TPSA) is 163 Å². The summed E-state index contributed by atoms with van der Waals surface area (Å²) < 4.78 is 3.99. The number of fused-ring (bicyclic) bond motifs is 1. The minimum absolute atomic E-state index is 0.00942. The summed E-state index contributed by atoms with van der Waals surface area (Å²) >= 11 is 3.76. The van der Waals surface area contributed by atoms with E-state index in [9.17, 15) is 19.5 Å². The number of carboxylic acids is 1. The zero-order chi connectivity index (χ0) is 24.9. The number of aromatic nitrogens is 2. The third-order valence-corrected chi connectivity index (χ3v) is 7.95. The maximum atomic E-state index is 12.8. The van der Waals surface area contributed by atoms with Gasteiger partial charge in [0, 0.05) is 36.1 Å². The minimum Gasteiger partial charge on any atom is -0.481 e. The second kappa shape index (κ2) is 11.4. The standard InChI is InChI=1S/C19H27N7O5S3/c1-4-31-23-11(13-22-18(20)34-24-13)14(27)21-12-15(28)26-9-19(17(29)30,10-33-16(12)26)5-7-32-8-6-25(2)3/h5,7,12,16H,4,6,8-10H2,1-3H3,(H,21,27)(H,29,30)(H2,20,22,24)/t12?,16-,19?/m1/s1. The van der Waals surface area contributed by atoms with Gasteiger partial charge in [0.25, 0.3) is 5.91 Å². The highest BCUT2D eigenvalue weighted by Gasteiger charge is 2.57. The van der Waals surface area contributed by atoms with Crippen LogP contribution in [0.3, 0.4) is 0 Å². The Morgan fingerprint density at radius 3 is 2.88 bits per heavy atom. The summed E-state index contributed by atoms with van der Waals surface area (Å²) in [4.78, 5) is 50.3. The molecule has 0 aliphatic carbocycles. The van der Waals surface area contributed by atoms with E-state index in [1.165, 1.54) is 28.4 Å². The van der Waals surface area contributed by atoms with Gasteiger partial charge in [-0.1, -0.05) is 11.2 Å². The fraction of sp³-hybridized carbons (Fsp3) is 0.579. The highest BCUT2D eigenvalue weighted by molar-refractivity contribution is 8.02. The number of nitrogens with one attached hydrogen (secondary N) is 1. The molecule has 0 bridgehead atoms. The van der Waals surface area contributed by atoms with E-state index in [0.717, 1.165) is 23.8 Å². The third-order valence-electron chi connectivity index (χ3n) is 5.11. The number of oxime groups is 1. The monoisotopic (exact) mass is 529 g/mol. The van der Waals surface area contributed by atoms with E-state index in [1.807, 2.05) is 19.0 Å². The van der Waals surface area contributed by atoms with E-state index in [-0.39, 0.29) is 46.9 Å². The van der Waals surface area contributed by atoms with Crippen molar-refractivity contribution in [1.82, 2.24) is 24.5 Å². The summed E-state index contributed by atoms with van der Waals surface area (Å²) in [6.07, 6.45) is 1.67. The van der Waals surface area contributed by atoms with E-state index in [4.69, 9.17) is 10.6 Å². The van der Waals surface area contributed by atoms with Crippen LogP contribution in [0, 0.1) is 5.41 Å². The van der Waals surface area contributed by atoms with Gasteiger partial charge in [0.2, 0.25) is 17.4 Å². The molecule has 3 rings (SSSR count). The fourth-order valence-electron chi connectivity index (χ4n) is 3.23. The molecule has 15 heteroatoms. The first-order valence-corrected chi connectivity index (χ1v) is 13.3. The molecule has 2 unspecified atom stereocenters. The highest BCUT2D eigenvalue weighted by atomic mass is 32.2. The number of carbonyl (C=O) groups excluding carboxylic acids is 2. The van der Waals surface area contributed by atoms with Crippen molar-refractivity contribution >= 4 is 63.7 Å². The lowest BCUT2D eigenvalue weighted by Gasteiger charge is -2.53. The molecule has 34 heavy (non-hydrogen) atoms. The summed E-state index contributed by atoms with van der Waals surface area (Å²) in [6.45, 7) is 2.84. The first kappa shape index (κ1) is 26.2. The number of hydrogen-bond acceptors (Lipinski definition) is 12. The summed E-state index contributed by atoms with van der Waals surface area (Å²) in [5.74, 6) is -0.894. The van der Waals surface area contributed by atoms with Gasteiger partial charge in [0.05, 0.1) is 0 Å². The SMILES string of the molecule is CCON=C(C(=O)NC1C(=O)N2CC(C=CSCCN(C)C)(C(=O)O)CS[C@H]12)c1nsc(N)n1. The van der Waals surface area contributed by atoms with E-state index in [2.05, 4.69) is 19.8 Å². The van der Waals surface area contributed by atoms with Crippen LogP contribution in [0.1, 0.15) is 12.7 Å². The lowest BCUT2D eigenvalue weighted by Crippen LogP contribution is -2.73. The Morgan fingerprint density at radius 2 is 2.26 bits per heavy atom. The number of nitrogen functional groups attached to an aromatic ring is 1. The Kier molecular flexibility index (Phi) is 8.78. The molecule has 0 radical (unpaired) electrons. The molecule has 2 aliphatic heterocycles. The minimum atomic E-state index is -1.18. The number of β-lactam (4-membered cyclic amide) rings is 1. The first-order valence-electron chi connectivity index (χ1n) is 10.4. The van der Waals surface area contributed by atoms with E-state index < -0.39 is 23.3 Å². The second-order valence-corrected chi connectivity index (χ2v) is 10.8. The van der Waals surface area contributed by atoms with Crippen molar-refractivity contribution in [2.24, 2.45) is 10.6 Å². The number of carboxylic acid groups (broad SMARTS) is 1. The van der Waals surface area contributed by atoms with Gasteiger partial charge in [0.1, 0.15) is 23.4 Å². The third kappa shape index (κ3) is 5.82. The maximum absolute atomic E-state index is 12.8. The molecule has 3 heterocycles. The molecule has 186 valence electrons. The highest BCUT2D eigenvalue weighted by Crippen LogP contribution is 2.43. The van der Waals surface area contributed by atoms with Crippen LogP contribution in [0.4, 0.5) is 5.13 Å². The van der Waals surface area contributed by atoms with Crippen molar-refractivity contribution in [3.8, 4) is 0 Å². The molecule has 3 atom stereocenters. The van der Waals surface area contributed by atoms with Crippen LogP contribution < -0.4 is 11.1 Å². The summed E-state index contributed by atoms with van der Waals surface area (Å²) in [6, 6.07) is -0.814. The van der Waals surface area contributed by atoms with Crippen molar-refractivity contribution in [3.63, 3.8) is 0 Å². The van der Waals surface area contributed by atoms with Crippen LogP contribution in [-0.4, -0.2) is 104 Å². The molecule has 2 aliphatic rings. The Balaban J connectivity index is 1.65. The Morgan fingerprint density at radius 1 is 1.50 bits per heavy atom. The number of aliphatic carboxylic acids is 1. The molecule has 0 saturated carbocycles. The molecule has 2 amide bonds. The molecule has 12 nitrogen and oxygen atoms in total. The number of nitrogens with zero attached hydrogens (tertiary/aromatic N) is 5. The van der Waals surface area contributed by atoms with Crippen LogP contribution in [0.25, 0.3) is 0 Å². The van der Waals surface area contributed by atoms with Gasteiger partial charge in [-0.2, -0.15) is 9.36 Å². The average Bonchev–Trinajstić information content (AvgIpc) is 3.22. The molecule has 1 aromatic rings. The van der Waals surface area contributed by atoms with Crippen LogP contribution >= 0.6 is 35.1 Å². The number of thioether (sulfide) groups is 2. The van der Waals surface area contributed by atoms with Gasteiger partial charge in [-0.25, -0.2) is 0 Å². The summed E-state index contributed by atoms with van der Waals surface area (Å²) in [7, 11) is 3.94. The van der Waals surface area contributed by atoms with Crippen molar-refractivity contribution in [2.75, 3.05) is 51.0 Å². The van der Waals surface area contributed by atoms with Crippen LogP contribution in [0.2, 0.25) is 0 Å². The predicted molar refractivity (Wildman–Crippen MR) is 133 cm³/mol. The van der Waals surface area contributed by atoms with Crippen LogP contribution in [-0.2, 0) is 19.2 Å². The van der Waals surface area contributed by atoms with Crippen molar-refractivity contribution < 1.29 is 24.3 Å². The Bertz CT molecular complexity index is 985. The molecule has 4 N–H and O–H groups in total. The number of amides is 2. The van der Waals surface area contributed by atoms with Gasteiger partial charge in [0.15, 0.2) is 5.13 Å². The molecule has 2 saturated heterocycles. The van der Waals surface area contributed by atoms with Gasteiger partial charge >= 0.3 is 5.97 Å². The van der Waals surface area contributed by atoms with E-state index in [1.54, 1.807) is 18.4 Å². The number of nitrogens with two attached hydrogens (primary N) is 1. The largest absolute Gasteiger partial charge is 0.481 e. The molecule has 1 aromatic heterocycles. The number of rotatable bonds is 11. The van der Waals surface area contributed by atoms with Crippen molar-refractivity contribution in [1.29, 1.82) is 0 Å². The summed E-state index contributed by atoms with van der Waals surface area (Å²) in [5.41, 5.74) is 4.24. The second-order valence-electron chi connectivity index (χ2n) is 7.87. The van der Waals surface area contributed by atoms with E-state index >= 15 is 0 Å². The molecular formula is C19H27N7O5S3. The Labute approximate surface area is 209 Å². The maximum Gasteiger partial charge on any atom is 0.316 e. The van der Waals surface area contributed by atoms with Gasteiger partial charge in [-0.05, 0) is 26.4 Å². The zero-order valence-electron chi connectivity index (χ0n) is 19.0. The number of hydrogen-bond donors (Lipinski definition) is 3. The molecular weight excluding hydrogens is 502 g/mol. The fourth-order valence-corrected chi connectivity index (χ4v) is 6.14. The van der Waals surface area contributed by atoms with Crippen molar-refractivity contribution in [3.05, 3.63) is 17.3 Å². The zero-order valence-corrected chi connectivity index (χ0v) is 21.4. The van der Waals surface area contributed by atoms with Gasteiger partial charge < -0.3 is 30.8 Å². The van der Waals surface area contributed by atoms with Crippen LogP contribution in [0.5, 0.6) is 0 Å². The van der Waals surface area contributed by atoms with Gasteiger partial charge in [-0.3, -0.25) is 14.4 Å². The van der Waals surface area contributed by atoms with E-state index in [0.29, 0.717) is 0 Å². The predicted octanol–water partition coefficient (Wildman–Crippen LogP) is 0.140. The Hall–Kier alpha value is -2.36. The number of carbonyl (C=O) groups is 3.